The van der Waals surface area contributed by atoms with Crippen LogP contribution in [0.4, 0.5) is 0 Å². The normalized spacial score (nSPS) is 10.7. The summed E-state index contributed by atoms with van der Waals surface area (Å²) in [6.45, 7) is 0. The summed E-state index contributed by atoms with van der Waals surface area (Å²) in [6, 6.07) is 10.8. The van der Waals surface area contributed by atoms with Gasteiger partial charge < -0.3 is 9.15 Å². The monoisotopic (exact) mass is 300 g/mol. The van der Waals surface area contributed by atoms with Crippen molar-refractivity contribution in [1.82, 2.24) is 9.97 Å². The molecule has 2 heterocycles. The van der Waals surface area contributed by atoms with E-state index in [1.807, 2.05) is 18.2 Å². The Morgan fingerprint density at radius 2 is 2.24 bits per heavy atom. The first-order valence-corrected chi connectivity index (χ1v) is 7.26. The lowest BCUT2D eigenvalue weighted by Crippen LogP contribution is -2.00. The molecule has 1 aromatic carbocycles. The van der Waals surface area contributed by atoms with Gasteiger partial charge in [0.2, 0.25) is 0 Å². The second-order valence-corrected chi connectivity index (χ2v) is 5.19. The summed E-state index contributed by atoms with van der Waals surface area (Å²) in [5, 5.41) is 0.553. The number of aromatic nitrogens is 2. The Kier molecular flexibility index (Phi) is 3.87. The summed E-state index contributed by atoms with van der Waals surface area (Å²) in [6.07, 6.45) is 1.75. The number of thioether (sulfide) groups is 1. The van der Waals surface area contributed by atoms with Crippen molar-refractivity contribution in [2.45, 2.75) is 11.0 Å². The van der Waals surface area contributed by atoms with E-state index in [4.69, 9.17) is 4.42 Å². The van der Waals surface area contributed by atoms with E-state index in [9.17, 15) is 4.79 Å². The molecule has 0 aliphatic carbocycles. The van der Waals surface area contributed by atoms with E-state index in [1.165, 1.54) is 18.9 Å². The molecule has 0 N–H and O–H groups in total. The topological polar surface area (TPSA) is 65.2 Å². The Labute approximate surface area is 125 Å². The molecule has 0 spiro atoms. The predicted molar refractivity (Wildman–Crippen MR) is 79.1 cm³/mol. The Hall–Kier alpha value is -2.34. The summed E-state index contributed by atoms with van der Waals surface area (Å²) < 4.78 is 10.3. The van der Waals surface area contributed by atoms with Gasteiger partial charge in [0.25, 0.3) is 5.22 Å². The van der Waals surface area contributed by atoms with Crippen molar-refractivity contribution in [1.29, 1.82) is 0 Å². The number of hydrogen-bond donors (Lipinski definition) is 0. The minimum absolute atomic E-state index is 0.393. The molecule has 5 nitrogen and oxygen atoms in total. The fourth-order valence-corrected chi connectivity index (χ4v) is 2.58. The number of benzene rings is 1. The average molecular weight is 300 g/mol. The number of nitrogens with zero attached hydrogens (tertiary/aromatic N) is 2. The Morgan fingerprint density at radius 1 is 1.33 bits per heavy atom. The van der Waals surface area contributed by atoms with Crippen LogP contribution >= 0.6 is 11.8 Å². The maximum absolute atomic E-state index is 11.5. The van der Waals surface area contributed by atoms with Gasteiger partial charge in [-0.25, -0.2) is 9.78 Å². The largest absolute Gasteiger partial charge is 0.465 e. The molecule has 6 heteroatoms. The van der Waals surface area contributed by atoms with Crippen LogP contribution in [0.3, 0.4) is 0 Å². The first-order valence-electron chi connectivity index (χ1n) is 6.28. The molecule has 3 aromatic rings. The van der Waals surface area contributed by atoms with Crippen molar-refractivity contribution in [3.05, 3.63) is 53.9 Å². The zero-order valence-electron chi connectivity index (χ0n) is 11.3. The number of esters is 1. The van der Waals surface area contributed by atoms with E-state index in [0.29, 0.717) is 27.6 Å². The minimum Gasteiger partial charge on any atom is -0.465 e. The van der Waals surface area contributed by atoms with Crippen molar-refractivity contribution in [2.75, 3.05) is 7.11 Å². The molecule has 0 saturated carbocycles. The zero-order valence-corrected chi connectivity index (χ0v) is 12.1. The Balaban J connectivity index is 1.79. The molecule has 2 aromatic heterocycles. The molecule has 3 rings (SSSR count). The number of pyridine rings is 1. The van der Waals surface area contributed by atoms with Crippen LogP contribution in [0.15, 0.2) is 52.2 Å². The molecule has 0 saturated heterocycles. The van der Waals surface area contributed by atoms with Crippen molar-refractivity contribution in [3.63, 3.8) is 0 Å². The summed E-state index contributed by atoms with van der Waals surface area (Å²) in [5.74, 6) is 0.285. The highest BCUT2D eigenvalue weighted by Crippen LogP contribution is 2.26. The van der Waals surface area contributed by atoms with Crippen molar-refractivity contribution < 1.29 is 13.9 Å². The number of oxazole rings is 1. The van der Waals surface area contributed by atoms with Crippen LogP contribution in [0.25, 0.3) is 11.1 Å². The van der Waals surface area contributed by atoms with Gasteiger partial charge in [-0.2, -0.15) is 0 Å². The van der Waals surface area contributed by atoms with Gasteiger partial charge >= 0.3 is 5.97 Å². The van der Waals surface area contributed by atoms with Gasteiger partial charge in [-0.3, -0.25) is 4.98 Å². The fourth-order valence-electron chi connectivity index (χ4n) is 1.83. The molecule has 0 amide bonds. The summed E-state index contributed by atoms with van der Waals surface area (Å²) in [7, 11) is 1.35. The highest BCUT2D eigenvalue weighted by molar-refractivity contribution is 7.98. The van der Waals surface area contributed by atoms with E-state index in [0.717, 1.165) is 5.69 Å². The molecule has 0 radical (unpaired) electrons. The molecular weight excluding hydrogens is 288 g/mol. The summed E-state index contributed by atoms with van der Waals surface area (Å²) >= 11 is 1.46. The van der Waals surface area contributed by atoms with E-state index in [-0.39, 0.29) is 0 Å². The number of fused-ring (bicyclic) bond motifs is 1. The number of hydrogen-bond acceptors (Lipinski definition) is 6. The lowest BCUT2D eigenvalue weighted by Gasteiger charge is -1.97. The van der Waals surface area contributed by atoms with E-state index in [1.54, 1.807) is 24.4 Å². The van der Waals surface area contributed by atoms with E-state index < -0.39 is 5.97 Å². The number of ether oxygens (including phenoxy) is 1. The highest BCUT2D eigenvalue weighted by atomic mass is 32.2. The van der Waals surface area contributed by atoms with Crippen molar-refractivity contribution >= 4 is 28.8 Å². The fraction of sp³-hybridized carbons (Fsp3) is 0.133. The van der Waals surface area contributed by atoms with Gasteiger partial charge in [-0.05, 0) is 30.3 Å². The lowest BCUT2D eigenvalue weighted by atomic mass is 10.2. The highest BCUT2D eigenvalue weighted by Gasteiger charge is 2.11. The first kappa shape index (κ1) is 13.6. The smallest absolute Gasteiger partial charge is 0.337 e. The van der Waals surface area contributed by atoms with E-state index in [2.05, 4.69) is 14.7 Å². The number of rotatable bonds is 4. The van der Waals surface area contributed by atoms with Gasteiger partial charge in [-0.15, -0.1) is 0 Å². The maximum atomic E-state index is 11.5. The van der Waals surface area contributed by atoms with Crippen LogP contribution in [-0.2, 0) is 10.5 Å². The number of carbonyl (C=O) groups is 1. The number of methoxy groups -OCH3 is 1. The maximum Gasteiger partial charge on any atom is 0.337 e. The second kappa shape index (κ2) is 5.97. The zero-order chi connectivity index (χ0) is 14.7. The molecule has 0 atom stereocenters. The lowest BCUT2D eigenvalue weighted by molar-refractivity contribution is 0.0601. The van der Waals surface area contributed by atoms with Crippen LogP contribution in [-0.4, -0.2) is 23.0 Å². The Morgan fingerprint density at radius 3 is 3.00 bits per heavy atom. The molecule has 0 aliphatic rings. The van der Waals surface area contributed by atoms with Gasteiger partial charge in [0.15, 0.2) is 5.58 Å². The SMILES string of the molecule is COC(=O)c1ccc2nc(SCc3ccccn3)oc2c1. The van der Waals surface area contributed by atoms with Gasteiger partial charge in [0.1, 0.15) is 5.52 Å². The van der Waals surface area contributed by atoms with Gasteiger partial charge in [0.05, 0.1) is 18.4 Å². The minimum atomic E-state index is -0.393. The van der Waals surface area contributed by atoms with Crippen molar-refractivity contribution in [3.8, 4) is 0 Å². The average Bonchev–Trinajstić information content (AvgIpc) is 2.95. The first-order chi connectivity index (χ1) is 10.3. The van der Waals surface area contributed by atoms with Crippen LogP contribution in [0, 0.1) is 0 Å². The van der Waals surface area contributed by atoms with Crippen molar-refractivity contribution in [2.24, 2.45) is 0 Å². The second-order valence-electron chi connectivity index (χ2n) is 4.26. The molecule has 0 fully saturated rings. The molecule has 0 unspecified atom stereocenters. The molecular formula is C15H12N2O3S. The van der Waals surface area contributed by atoms with E-state index >= 15 is 0 Å². The van der Waals surface area contributed by atoms with Crippen LogP contribution < -0.4 is 0 Å². The summed E-state index contributed by atoms with van der Waals surface area (Å²) in [4.78, 5) is 20.1. The van der Waals surface area contributed by atoms with Crippen LogP contribution in [0.1, 0.15) is 16.1 Å². The van der Waals surface area contributed by atoms with Crippen LogP contribution in [0.2, 0.25) is 0 Å². The molecule has 21 heavy (non-hydrogen) atoms. The molecule has 0 aliphatic heterocycles. The Bertz CT molecular complexity index is 771. The third kappa shape index (κ3) is 3.05. The quantitative estimate of drug-likeness (QED) is 0.544. The van der Waals surface area contributed by atoms with Crippen LogP contribution in [0.5, 0.6) is 0 Å². The van der Waals surface area contributed by atoms with Gasteiger partial charge in [-0.1, -0.05) is 17.8 Å². The summed E-state index contributed by atoms with van der Waals surface area (Å²) in [5.41, 5.74) is 2.69. The predicted octanol–water partition coefficient (Wildman–Crippen LogP) is 3.30. The molecule has 0 bridgehead atoms. The number of carbonyl (C=O) groups excluding carboxylic acids is 1. The standard InChI is InChI=1S/C15H12N2O3S/c1-19-14(18)10-5-6-12-13(8-10)20-15(17-12)21-9-11-4-2-3-7-16-11/h2-8H,9H2,1H3. The third-order valence-electron chi connectivity index (χ3n) is 2.86. The molecule has 106 valence electrons. The van der Waals surface area contributed by atoms with Gasteiger partial charge in [0, 0.05) is 11.9 Å². The third-order valence-corrected chi connectivity index (χ3v) is 3.72.